The van der Waals surface area contributed by atoms with E-state index < -0.39 is 10.0 Å². The molecule has 0 amide bonds. The van der Waals surface area contributed by atoms with Crippen LogP contribution in [0.25, 0.3) is 0 Å². The summed E-state index contributed by atoms with van der Waals surface area (Å²) in [6.07, 6.45) is 8.39. The molecule has 1 aromatic rings. The zero-order valence-corrected chi connectivity index (χ0v) is 15.7. The fraction of sp³-hybridized carbons (Fsp3) is 0.667. The maximum Gasteiger partial charge on any atom is 0.229 e. The van der Waals surface area contributed by atoms with Gasteiger partial charge in [0.05, 0.1) is 6.26 Å². The van der Waals surface area contributed by atoms with Crippen molar-refractivity contribution in [1.82, 2.24) is 4.90 Å². The summed E-state index contributed by atoms with van der Waals surface area (Å²) in [5.74, 6) is 0. The highest BCUT2D eigenvalue weighted by atomic mass is 32.2. The number of hydrogen-bond donors (Lipinski definition) is 1. The Bertz CT molecular complexity index is 518. The van der Waals surface area contributed by atoms with Crippen LogP contribution in [-0.4, -0.2) is 39.2 Å². The van der Waals surface area contributed by atoms with Gasteiger partial charge in [-0.15, -0.1) is 0 Å². The van der Waals surface area contributed by atoms with Gasteiger partial charge in [0, 0.05) is 5.69 Å². The molecule has 0 aliphatic carbocycles. The monoisotopic (exact) mass is 340 g/mol. The Kier molecular flexibility index (Phi) is 9.26. The zero-order valence-electron chi connectivity index (χ0n) is 14.8. The first kappa shape index (κ1) is 20.0. The van der Waals surface area contributed by atoms with Crippen molar-refractivity contribution in [3.63, 3.8) is 0 Å². The molecule has 4 nitrogen and oxygen atoms in total. The first-order valence-electron chi connectivity index (χ1n) is 8.73. The largest absolute Gasteiger partial charge is 0.303 e. The number of nitrogens with zero attached hydrogens (tertiary/aromatic N) is 1. The fourth-order valence-corrected chi connectivity index (χ4v) is 3.12. The molecule has 0 aliphatic heterocycles. The number of hydrogen-bond acceptors (Lipinski definition) is 3. The maximum absolute atomic E-state index is 11.2. The first-order valence-corrected chi connectivity index (χ1v) is 10.6. The highest BCUT2D eigenvalue weighted by molar-refractivity contribution is 7.92. The van der Waals surface area contributed by atoms with Gasteiger partial charge in [-0.3, -0.25) is 4.72 Å². The molecular weight excluding hydrogens is 308 g/mol. The summed E-state index contributed by atoms with van der Waals surface area (Å²) >= 11 is 0. The van der Waals surface area contributed by atoms with E-state index in [9.17, 15) is 8.42 Å². The Balaban J connectivity index is 2.40. The van der Waals surface area contributed by atoms with Gasteiger partial charge in [0.1, 0.15) is 0 Å². The van der Waals surface area contributed by atoms with Gasteiger partial charge in [0.15, 0.2) is 0 Å². The molecule has 0 unspecified atom stereocenters. The van der Waals surface area contributed by atoms with Crippen LogP contribution in [0.1, 0.15) is 51.5 Å². The molecule has 132 valence electrons. The highest BCUT2D eigenvalue weighted by Gasteiger charge is 2.05. The van der Waals surface area contributed by atoms with Crippen molar-refractivity contribution in [2.45, 2.75) is 52.4 Å². The second-order valence-electron chi connectivity index (χ2n) is 6.22. The van der Waals surface area contributed by atoms with Gasteiger partial charge in [-0.25, -0.2) is 8.42 Å². The molecule has 0 saturated carbocycles. The molecule has 0 bridgehead atoms. The third kappa shape index (κ3) is 9.61. The van der Waals surface area contributed by atoms with E-state index in [-0.39, 0.29) is 0 Å². The maximum atomic E-state index is 11.2. The molecular formula is C18H32N2O2S. The second-order valence-corrected chi connectivity index (χ2v) is 7.97. The number of anilines is 1. The summed E-state index contributed by atoms with van der Waals surface area (Å²) in [5, 5.41) is 0. The minimum Gasteiger partial charge on any atom is -0.303 e. The Morgan fingerprint density at radius 3 is 1.91 bits per heavy atom. The van der Waals surface area contributed by atoms with Crippen LogP contribution in [-0.2, 0) is 16.4 Å². The molecule has 0 aromatic heterocycles. The summed E-state index contributed by atoms with van der Waals surface area (Å²) < 4.78 is 24.9. The third-order valence-electron chi connectivity index (χ3n) is 3.85. The summed E-state index contributed by atoms with van der Waals surface area (Å²) in [6, 6.07) is 7.69. The minimum atomic E-state index is -3.19. The summed E-state index contributed by atoms with van der Waals surface area (Å²) in [7, 11) is -3.19. The molecule has 1 rings (SSSR count). The normalized spacial score (nSPS) is 11.8. The molecule has 0 spiro atoms. The number of sulfonamides is 1. The number of aryl methyl sites for hydroxylation is 1. The molecule has 1 N–H and O–H groups in total. The Morgan fingerprint density at radius 2 is 1.43 bits per heavy atom. The lowest BCUT2D eigenvalue weighted by molar-refractivity contribution is 0.262. The van der Waals surface area contributed by atoms with Crippen LogP contribution in [0, 0.1) is 0 Å². The van der Waals surface area contributed by atoms with E-state index >= 15 is 0 Å². The van der Waals surface area contributed by atoms with Crippen LogP contribution in [0.5, 0.6) is 0 Å². The third-order valence-corrected chi connectivity index (χ3v) is 4.46. The molecule has 0 aliphatic rings. The Hall–Kier alpha value is -1.07. The molecule has 0 atom stereocenters. The van der Waals surface area contributed by atoms with Crippen molar-refractivity contribution in [2.75, 3.05) is 30.6 Å². The highest BCUT2D eigenvalue weighted by Crippen LogP contribution is 2.12. The number of nitrogens with one attached hydrogen (secondary N) is 1. The standard InChI is InChI=1S/C18H32N2O2S/c1-4-6-14-20(15-7-5-2)16-8-9-17-10-12-18(13-11-17)19-23(3,21)22/h10-13,19H,4-9,14-16H2,1-3H3. The predicted molar refractivity (Wildman–Crippen MR) is 99.5 cm³/mol. The molecule has 23 heavy (non-hydrogen) atoms. The van der Waals surface area contributed by atoms with E-state index in [1.807, 2.05) is 24.3 Å². The number of unbranched alkanes of at least 4 members (excludes halogenated alkanes) is 2. The first-order chi connectivity index (χ1) is 10.9. The van der Waals surface area contributed by atoms with Gasteiger partial charge >= 0.3 is 0 Å². The van der Waals surface area contributed by atoms with E-state index in [0.29, 0.717) is 5.69 Å². The van der Waals surface area contributed by atoms with Crippen molar-refractivity contribution in [1.29, 1.82) is 0 Å². The molecule has 0 saturated heterocycles. The minimum absolute atomic E-state index is 0.628. The molecule has 0 radical (unpaired) electrons. The van der Waals surface area contributed by atoms with Gasteiger partial charge in [0.25, 0.3) is 0 Å². The van der Waals surface area contributed by atoms with Crippen LogP contribution in [0.15, 0.2) is 24.3 Å². The van der Waals surface area contributed by atoms with Crippen molar-refractivity contribution in [2.24, 2.45) is 0 Å². The SMILES string of the molecule is CCCCN(CCCC)CCCc1ccc(NS(C)(=O)=O)cc1. The average molecular weight is 341 g/mol. The van der Waals surface area contributed by atoms with E-state index in [0.717, 1.165) is 19.4 Å². The van der Waals surface area contributed by atoms with E-state index in [1.54, 1.807) is 0 Å². The van der Waals surface area contributed by atoms with Gasteiger partial charge < -0.3 is 4.90 Å². The predicted octanol–water partition coefficient (Wildman–Crippen LogP) is 3.89. The van der Waals surface area contributed by atoms with Crippen molar-refractivity contribution in [3.05, 3.63) is 29.8 Å². The molecule has 5 heteroatoms. The molecule has 1 aromatic carbocycles. The van der Waals surface area contributed by atoms with Gasteiger partial charge in [-0.1, -0.05) is 38.8 Å². The van der Waals surface area contributed by atoms with Gasteiger partial charge in [-0.05, 0) is 63.0 Å². The molecule has 0 heterocycles. The lowest BCUT2D eigenvalue weighted by atomic mass is 10.1. The fourth-order valence-electron chi connectivity index (χ4n) is 2.56. The van der Waals surface area contributed by atoms with Crippen molar-refractivity contribution < 1.29 is 8.42 Å². The van der Waals surface area contributed by atoms with Crippen LogP contribution in [0.2, 0.25) is 0 Å². The second kappa shape index (κ2) is 10.7. The van der Waals surface area contributed by atoms with Crippen LogP contribution in [0.3, 0.4) is 0 Å². The average Bonchev–Trinajstić information content (AvgIpc) is 2.49. The topological polar surface area (TPSA) is 49.4 Å². The zero-order chi connectivity index (χ0) is 17.1. The number of rotatable bonds is 12. The summed E-state index contributed by atoms with van der Waals surface area (Å²) in [6.45, 7) is 8.03. The summed E-state index contributed by atoms with van der Waals surface area (Å²) in [4.78, 5) is 2.58. The smallest absolute Gasteiger partial charge is 0.229 e. The summed E-state index contributed by atoms with van der Waals surface area (Å²) in [5.41, 5.74) is 1.89. The van der Waals surface area contributed by atoms with Crippen molar-refractivity contribution in [3.8, 4) is 0 Å². The lowest BCUT2D eigenvalue weighted by Crippen LogP contribution is -2.27. The van der Waals surface area contributed by atoms with Gasteiger partial charge in [0.2, 0.25) is 10.0 Å². The molecule has 0 fully saturated rings. The Morgan fingerprint density at radius 1 is 0.913 bits per heavy atom. The van der Waals surface area contributed by atoms with Crippen LogP contribution in [0.4, 0.5) is 5.69 Å². The van der Waals surface area contributed by atoms with Crippen LogP contribution >= 0.6 is 0 Å². The van der Waals surface area contributed by atoms with E-state index in [1.165, 1.54) is 50.6 Å². The van der Waals surface area contributed by atoms with Crippen LogP contribution < -0.4 is 4.72 Å². The number of benzene rings is 1. The van der Waals surface area contributed by atoms with E-state index in [4.69, 9.17) is 0 Å². The quantitative estimate of drug-likeness (QED) is 0.628. The van der Waals surface area contributed by atoms with E-state index in [2.05, 4.69) is 23.5 Å². The Labute approximate surface area is 142 Å². The van der Waals surface area contributed by atoms with Crippen molar-refractivity contribution >= 4 is 15.7 Å². The van der Waals surface area contributed by atoms with Gasteiger partial charge in [-0.2, -0.15) is 0 Å². The lowest BCUT2D eigenvalue weighted by Gasteiger charge is -2.21.